The van der Waals surface area contributed by atoms with Gasteiger partial charge in [0.2, 0.25) is 0 Å². The van der Waals surface area contributed by atoms with E-state index in [2.05, 4.69) is 20.6 Å². The lowest BCUT2D eigenvalue weighted by molar-refractivity contribution is -0.137. The first-order valence-electron chi connectivity index (χ1n) is 10.00. The lowest BCUT2D eigenvalue weighted by Gasteiger charge is -2.30. The fraction of sp³-hybridized carbons (Fsp3) is 0.476. The number of nitrogens with zero attached hydrogens (tertiary/aromatic N) is 3. The van der Waals surface area contributed by atoms with E-state index in [-0.39, 0.29) is 17.6 Å². The third kappa shape index (κ3) is 6.00. The van der Waals surface area contributed by atoms with Crippen LogP contribution >= 0.6 is 11.6 Å². The molecule has 1 aromatic carbocycles. The fourth-order valence-corrected chi connectivity index (χ4v) is 3.82. The van der Waals surface area contributed by atoms with Gasteiger partial charge in [0.25, 0.3) is 5.91 Å². The van der Waals surface area contributed by atoms with Crippen molar-refractivity contribution in [3.63, 3.8) is 0 Å². The van der Waals surface area contributed by atoms with Crippen LogP contribution in [0.1, 0.15) is 47.4 Å². The molecule has 0 unspecified atom stereocenters. The number of aryl methyl sites for hydroxylation is 1. The molecule has 10 heteroatoms. The normalized spacial score (nSPS) is 19.1. The van der Waals surface area contributed by atoms with Crippen LogP contribution in [0.25, 0.3) is 0 Å². The molecule has 1 heterocycles. The summed E-state index contributed by atoms with van der Waals surface area (Å²) in [5.41, 5.74) is -1.06. The first-order valence-corrected chi connectivity index (χ1v) is 10.4. The molecule has 1 aliphatic rings. The van der Waals surface area contributed by atoms with Crippen molar-refractivity contribution in [1.29, 1.82) is 0 Å². The van der Waals surface area contributed by atoms with Crippen molar-refractivity contribution in [2.24, 2.45) is 0 Å². The number of alkyl halides is 3. The van der Waals surface area contributed by atoms with Crippen LogP contribution < -0.4 is 15.5 Å². The van der Waals surface area contributed by atoms with Crippen molar-refractivity contribution in [3.8, 4) is 0 Å². The molecule has 1 fully saturated rings. The van der Waals surface area contributed by atoms with Gasteiger partial charge in [0.1, 0.15) is 17.5 Å². The van der Waals surface area contributed by atoms with Gasteiger partial charge in [-0.1, -0.05) is 11.6 Å². The summed E-state index contributed by atoms with van der Waals surface area (Å²) in [7, 11) is 3.83. The van der Waals surface area contributed by atoms with Gasteiger partial charge in [-0.05, 0) is 50.8 Å². The first kappa shape index (κ1) is 23.1. The summed E-state index contributed by atoms with van der Waals surface area (Å²) in [4.78, 5) is 23.2. The van der Waals surface area contributed by atoms with Gasteiger partial charge in [0.15, 0.2) is 0 Å². The number of aromatic nitrogens is 2. The Hall–Kier alpha value is -2.55. The lowest BCUT2D eigenvalue weighted by Crippen LogP contribution is -2.40. The standard InChI is InChI=1S/C21H25ClF3N5O/c1-12-26-18(11-19(27-12)30(2)3)28-14-5-7-15(8-6-14)29-20(31)13-4-9-17(22)16(10-13)21(23,24)25/h4,9-11,14-15H,5-8H2,1-3H3,(H,29,31)(H,26,27,28). The number of rotatable bonds is 5. The van der Waals surface area contributed by atoms with Crippen LogP contribution in [0.4, 0.5) is 24.8 Å². The van der Waals surface area contributed by atoms with Crippen LogP contribution in [0.15, 0.2) is 24.3 Å². The zero-order valence-corrected chi connectivity index (χ0v) is 18.3. The molecule has 2 aromatic rings. The summed E-state index contributed by atoms with van der Waals surface area (Å²) < 4.78 is 39.1. The van der Waals surface area contributed by atoms with Crippen molar-refractivity contribution in [1.82, 2.24) is 15.3 Å². The third-order valence-corrected chi connectivity index (χ3v) is 5.56. The summed E-state index contributed by atoms with van der Waals surface area (Å²) in [6.45, 7) is 1.84. The molecular weight excluding hydrogens is 431 g/mol. The van der Waals surface area contributed by atoms with Crippen LogP contribution in [0.5, 0.6) is 0 Å². The summed E-state index contributed by atoms with van der Waals surface area (Å²) in [5.74, 6) is 1.72. The molecule has 168 valence electrons. The highest BCUT2D eigenvalue weighted by Crippen LogP contribution is 2.35. The minimum Gasteiger partial charge on any atom is -0.367 e. The Morgan fingerprint density at radius 1 is 1.10 bits per heavy atom. The van der Waals surface area contributed by atoms with Gasteiger partial charge < -0.3 is 15.5 Å². The SMILES string of the molecule is Cc1nc(NC2CCC(NC(=O)c3ccc(Cl)c(C(F)(F)F)c3)CC2)cc(N(C)C)n1. The monoisotopic (exact) mass is 455 g/mol. The van der Waals surface area contributed by atoms with Crippen molar-refractivity contribution in [2.75, 3.05) is 24.3 Å². The first-order chi connectivity index (χ1) is 14.5. The average molecular weight is 456 g/mol. The summed E-state index contributed by atoms with van der Waals surface area (Å²) in [5, 5.41) is 5.84. The molecular formula is C21H25ClF3N5O. The van der Waals surface area contributed by atoms with Gasteiger partial charge in [0, 0.05) is 37.8 Å². The molecule has 0 radical (unpaired) electrons. The average Bonchev–Trinajstić information content (AvgIpc) is 2.68. The van der Waals surface area contributed by atoms with E-state index in [1.165, 1.54) is 6.07 Å². The zero-order valence-electron chi connectivity index (χ0n) is 17.6. The molecule has 1 amide bonds. The number of nitrogens with one attached hydrogen (secondary N) is 2. The van der Waals surface area contributed by atoms with Crippen LogP contribution in [0.3, 0.4) is 0 Å². The Kier molecular flexibility index (Phi) is 6.93. The second-order valence-electron chi connectivity index (χ2n) is 7.91. The smallest absolute Gasteiger partial charge is 0.367 e. The summed E-state index contributed by atoms with van der Waals surface area (Å²) in [6.07, 6.45) is -1.57. The Morgan fingerprint density at radius 2 is 1.74 bits per heavy atom. The van der Waals surface area contributed by atoms with Crippen LogP contribution in [0, 0.1) is 6.92 Å². The number of benzene rings is 1. The van der Waals surface area contributed by atoms with Crippen molar-refractivity contribution in [2.45, 2.75) is 50.9 Å². The second kappa shape index (κ2) is 9.30. The number of hydrogen-bond donors (Lipinski definition) is 2. The third-order valence-electron chi connectivity index (χ3n) is 5.23. The highest BCUT2D eigenvalue weighted by Gasteiger charge is 2.34. The van der Waals surface area contributed by atoms with E-state index in [1.807, 2.05) is 32.0 Å². The van der Waals surface area contributed by atoms with E-state index < -0.39 is 22.7 Å². The fourth-order valence-electron chi connectivity index (χ4n) is 3.60. The predicted molar refractivity (Wildman–Crippen MR) is 115 cm³/mol. The molecule has 1 saturated carbocycles. The topological polar surface area (TPSA) is 70.2 Å². The van der Waals surface area contributed by atoms with Gasteiger partial charge in [0.05, 0.1) is 10.6 Å². The highest BCUT2D eigenvalue weighted by atomic mass is 35.5. The van der Waals surface area contributed by atoms with Gasteiger partial charge in [-0.2, -0.15) is 13.2 Å². The molecule has 3 rings (SSSR count). The maximum atomic E-state index is 13.0. The predicted octanol–water partition coefficient (Wildman–Crippen LogP) is 4.68. The quantitative estimate of drug-likeness (QED) is 0.685. The second-order valence-corrected chi connectivity index (χ2v) is 8.32. The van der Waals surface area contributed by atoms with Crippen molar-refractivity contribution in [3.05, 3.63) is 46.2 Å². The lowest BCUT2D eigenvalue weighted by atomic mass is 9.91. The Bertz CT molecular complexity index is 943. The Morgan fingerprint density at radius 3 is 2.35 bits per heavy atom. The van der Waals surface area contributed by atoms with E-state index in [1.54, 1.807) is 0 Å². The number of carbonyl (C=O) groups excluding carboxylic acids is 1. The van der Waals surface area contributed by atoms with Gasteiger partial charge >= 0.3 is 6.18 Å². The molecule has 1 aromatic heterocycles. The molecule has 0 atom stereocenters. The van der Waals surface area contributed by atoms with Gasteiger partial charge in [-0.3, -0.25) is 4.79 Å². The Labute approximate surface area is 184 Å². The summed E-state index contributed by atoms with van der Waals surface area (Å²) >= 11 is 5.63. The largest absolute Gasteiger partial charge is 0.417 e. The van der Waals surface area contributed by atoms with E-state index >= 15 is 0 Å². The number of hydrogen-bond acceptors (Lipinski definition) is 5. The molecule has 0 spiro atoms. The van der Waals surface area contributed by atoms with E-state index in [0.29, 0.717) is 18.7 Å². The maximum absolute atomic E-state index is 13.0. The number of anilines is 2. The van der Waals surface area contributed by atoms with E-state index in [0.717, 1.165) is 36.6 Å². The van der Waals surface area contributed by atoms with E-state index in [9.17, 15) is 18.0 Å². The van der Waals surface area contributed by atoms with Crippen LogP contribution in [-0.2, 0) is 6.18 Å². The minimum atomic E-state index is -4.61. The minimum absolute atomic E-state index is 0.0513. The number of carbonyl (C=O) groups is 1. The number of halogens is 4. The van der Waals surface area contributed by atoms with Gasteiger partial charge in [-0.15, -0.1) is 0 Å². The molecule has 0 saturated heterocycles. The molecule has 0 aliphatic heterocycles. The maximum Gasteiger partial charge on any atom is 0.417 e. The van der Waals surface area contributed by atoms with Crippen LogP contribution in [0.2, 0.25) is 5.02 Å². The number of amides is 1. The molecule has 2 N–H and O–H groups in total. The Balaban J connectivity index is 1.57. The van der Waals surface area contributed by atoms with Crippen molar-refractivity contribution >= 4 is 29.1 Å². The molecule has 0 bridgehead atoms. The molecule has 31 heavy (non-hydrogen) atoms. The summed E-state index contributed by atoms with van der Waals surface area (Å²) in [6, 6.07) is 5.19. The van der Waals surface area contributed by atoms with Gasteiger partial charge in [-0.25, -0.2) is 9.97 Å². The van der Waals surface area contributed by atoms with E-state index in [4.69, 9.17) is 11.6 Å². The molecule has 1 aliphatic carbocycles. The highest BCUT2D eigenvalue weighted by molar-refractivity contribution is 6.31. The van der Waals surface area contributed by atoms with Crippen molar-refractivity contribution < 1.29 is 18.0 Å². The zero-order chi connectivity index (χ0) is 22.8. The molecule has 6 nitrogen and oxygen atoms in total. The van der Waals surface area contributed by atoms with Crippen LogP contribution in [-0.4, -0.2) is 42.1 Å².